The van der Waals surface area contributed by atoms with Gasteiger partial charge in [-0.1, -0.05) is 48.0 Å². The van der Waals surface area contributed by atoms with Crippen molar-refractivity contribution in [3.8, 4) is 17.2 Å². The number of hydrogen-bond donors (Lipinski definition) is 1. The second-order valence-corrected chi connectivity index (χ2v) is 7.71. The average molecular weight is 384 g/mol. The van der Waals surface area contributed by atoms with Gasteiger partial charge >= 0.3 is 10.1 Å². The zero-order valence-corrected chi connectivity index (χ0v) is 15.9. The van der Waals surface area contributed by atoms with Crippen molar-refractivity contribution in [2.45, 2.75) is 25.3 Å². The molecule has 0 aliphatic rings. The van der Waals surface area contributed by atoms with E-state index in [1.165, 1.54) is 24.3 Å². The minimum atomic E-state index is -3.99. The minimum Gasteiger partial charge on any atom is -0.504 e. The number of benzene rings is 3. The van der Waals surface area contributed by atoms with Gasteiger partial charge in [0.1, 0.15) is 17.3 Å². The molecule has 0 saturated heterocycles. The molecule has 0 fully saturated rings. The molecule has 0 saturated carbocycles. The summed E-state index contributed by atoms with van der Waals surface area (Å²) < 4.78 is 36.0. The van der Waals surface area contributed by atoms with Crippen molar-refractivity contribution in [1.82, 2.24) is 0 Å². The Morgan fingerprint density at radius 2 is 1.56 bits per heavy atom. The summed E-state index contributed by atoms with van der Waals surface area (Å²) in [5.41, 5.74) is 2.28. The van der Waals surface area contributed by atoms with Crippen LogP contribution in [0.25, 0.3) is 0 Å². The predicted molar refractivity (Wildman–Crippen MR) is 103 cm³/mol. The highest BCUT2D eigenvalue weighted by Gasteiger charge is 2.20. The zero-order valence-electron chi connectivity index (χ0n) is 15.0. The van der Waals surface area contributed by atoms with E-state index in [0.29, 0.717) is 5.56 Å². The molecule has 0 atom stereocenters. The normalized spacial score (nSPS) is 11.2. The molecule has 6 heteroatoms. The maximum Gasteiger partial charge on any atom is 0.339 e. The Bertz CT molecular complexity index is 1030. The molecule has 5 nitrogen and oxygen atoms in total. The van der Waals surface area contributed by atoms with Gasteiger partial charge in [-0.3, -0.25) is 0 Å². The van der Waals surface area contributed by atoms with Gasteiger partial charge in [-0.05, 0) is 43.7 Å². The molecule has 1 N–H and O–H groups in total. The summed E-state index contributed by atoms with van der Waals surface area (Å²) in [6.07, 6.45) is 0. The summed E-state index contributed by atoms with van der Waals surface area (Å²) in [6.45, 7) is 3.75. The predicted octanol–water partition coefficient (Wildman–Crippen LogP) is 4.36. The second kappa shape index (κ2) is 7.72. The molecular formula is C21H20O5S. The molecule has 0 spiro atoms. The van der Waals surface area contributed by atoms with Crippen LogP contribution in [-0.4, -0.2) is 13.5 Å². The number of aromatic hydroxyl groups is 1. The monoisotopic (exact) mass is 384 g/mol. The molecule has 0 radical (unpaired) electrons. The highest BCUT2D eigenvalue weighted by Crippen LogP contribution is 2.37. The first-order valence-electron chi connectivity index (χ1n) is 8.37. The van der Waals surface area contributed by atoms with E-state index >= 15 is 0 Å². The highest BCUT2D eigenvalue weighted by atomic mass is 32.2. The molecule has 3 aromatic rings. The van der Waals surface area contributed by atoms with Gasteiger partial charge in [-0.25, -0.2) is 0 Å². The Hall–Kier alpha value is -2.99. The number of hydrogen-bond acceptors (Lipinski definition) is 5. The fraction of sp³-hybridized carbons (Fsp3) is 0.143. The molecular weight excluding hydrogens is 364 g/mol. The Kier molecular flexibility index (Phi) is 5.37. The number of ether oxygens (including phenoxy) is 1. The van der Waals surface area contributed by atoms with Gasteiger partial charge in [0.2, 0.25) is 0 Å². The van der Waals surface area contributed by atoms with E-state index in [1.54, 1.807) is 19.1 Å². The average Bonchev–Trinajstić information content (AvgIpc) is 2.65. The van der Waals surface area contributed by atoms with Crippen LogP contribution in [0.5, 0.6) is 17.2 Å². The fourth-order valence-electron chi connectivity index (χ4n) is 2.53. The van der Waals surface area contributed by atoms with E-state index in [0.717, 1.165) is 11.1 Å². The van der Waals surface area contributed by atoms with Crippen molar-refractivity contribution < 1.29 is 22.4 Å². The van der Waals surface area contributed by atoms with E-state index in [2.05, 4.69) is 0 Å². The molecule has 0 amide bonds. The van der Waals surface area contributed by atoms with Crippen LogP contribution in [0.2, 0.25) is 0 Å². The third-order valence-electron chi connectivity index (χ3n) is 4.07. The van der Waals surface area contributed by atoms with Crippen LogP contribution in [0.15, 0.2) is 71.6 Å². The van der Waals surface area contributed by atoms with Crippen molar-refractivity contribution in [1.29, 1.82) is 0 Å². The molecule has 0 unspecified atom stereocenters. The molecule has 0 aromatic heterocycles. The molecule has 27 heavy (non-hydrogen) atoms. The topological polar surface area (TPSA) is 72.8 Å². The third-order valence-corrected chi connectivity index (χ3v) is 5.32. The van der Waals surface area contributed by atoms with Crippen molar-refractivity contribution in [3.63, 3.8) is 0 Å². The van der Waals surface area contributed by atoms with Gasteiger partial charge in [0.15, 0.2) is 11.5 Å². The zero-order chi connectivity index (χ0) is 19.4. The lowest BCUT2D eigenvalue weighted by atomic mass is 10.2. The van der Waals surface area contributed by atoms with Crippen molar-refractivity contribution in [2.24, 2.45) is 0 Å². The van der Waals surface area contributed by atoms with Crippen LogP contribution in [0.3, 0.4) is 0 Å². The van der Waals surface area contributed by atoms with Crippen molar-refractivity contribution in [3.05, 3.63) is 83.4 Å². The number of phenols is 1. The van der Waals surface area contributed by atoms with Crippen LogP contribution in [0.4, 0.5) is 0 Å². The smallest absolute Gasteiger partial charge is 0.339 e. The van der Waals surface area contributed by atoms with Crippen LogP contribution in [-0.2, 0) is 16.7 Å². The number of phenolic OH excluding ortho intramolecular Hbond substituents is 1. The van der Waals surface area contributed by atoms with Crippen LogP contribution in [0, 0.1) is 13.8 Å². The first-order chi connectivity index (χ1) is 12.9. The Morgan fingerprint density at radius 3 is 2.22 bits per heavy atom. The summed E-state index contributed by atoms with van der Waals surface area (Å²) in [5, 5.41) is 10.1. The lowest BCUT2D eigenvalue weighted by molar-refractivity contribution is 0.285. The number of aryl methyl sites for hydroxylation is 1. The fourth-order valence-corrected chi connectivity index (χ4v) is 3.52. The second-order valence-electron chi connectivity index (χ2n) is 6.16. The van der Waals surface area contributed by atoms with Gasteiger partial charge in [0.05, 0.1) is 0 Å². The summed E-state index contributed by atoms with van der Waals surface area (Å²) >= 11 is 0. The molecule has 3 aromatic carbocycles. The van der Waals surface area contributed by atoms with E-state index in [4.69, 9.17) is 8.92 Å². The first kappa shape index (κ1) is 18.8. The van der Waals surface area contributed by atoms with Crippen LogP contribution in [0.1, 0.15) is 16.7 Å². The van der Waals surface area contributed by atoms with Crippen LogP contribution < -0.4 is 8.92 Å². The molecule has 0 bridgehead atoms. The lowest BCUT2D eigenvalue weighted by Crippen LogP contribution is -2.11. The summed E-state index contributed by atoms with van der Waals surface area (Å²) in [7, 11) is -3.99. The maximum absolute atomic E-state index is 12.5. The van der Waals surface area contributed by atoms with Crippen molar-refractivity contribution in [2.75, 3.05) is 0 Å². The van der Waals surface area contributed by atoms with Gasteiger partial charge in [-0.15, -0.1) is 0 Å². The molecule has 0 aliphatic carbocycles. The van der Waals surface area contributed by atoms with E-state index in [-0.39, 0.29) is 28.8 Å². The number of rotatable bonds is 6. The molecule has 0 heterocycles. The van der Waals surface area contributed by atoms with Gasteiger partial charge in [-0.2, -0.15) is 8.42 Å². The Balaban J connectivity index is 1.85. The quantitative estimate of drug-likeness (QED) is 0.640. The Morgan fingerprint density at radius 1 is 0.889 bits per heavy atom. The summed E-state index contributed by atoms with van der Waals surface area (Å²) in [6, 6.07) is 18.6. The highest BCUT2D eigenvalue weighted by molar-refractivity contribution is 7.87. The van der Waals surface area contributed by atoms with E-state index < -0.39 is 10.1 Å². The third kappa shape index (κ3) is 4.41. The molecule has 140 valence electrons. The SMILES string of the molecule is Cc1ccc(S(=O)(=O)Oc2ccc(O)c(OCc3ccccc3)c2C)cc1. The Labute approximate surface area is 158 Å². The molecule has 3 rings (SSSR count). The van der Waals surface area contributed by atoms with Gasteiger partial charge < -0.3 is 14.0 Å². The standard InChI is InChI=1S/C21H20O5S/c1-15-8-10-18(11-9-15)27(23,24)26-20-13-12-19(22)21(16(20)2)25-14-17-6-4-3-5-7-17/h3-13,22H,14H2,1-2H3. The van der Waals surface area contributed by atoms with Gasteiger partial charge in [0, 0.05) is 5.56 Å². The molecule has 0 aliphatic heterocycles. The van der Waals surface area contributed by atoms with Gasteiger partial charge in [0.25, 0.3) is 0 Å². The van der Waals surface area contributed by atoms with E-state index in [1.807, 2.05) is 37.3 Å². The lowest BCUT2D eigenvalue weighted by Gasteiger charge is -2.15. The maximum atomic E-state index is 12.5. The van der Waals surface area contributed by atoms with Crippen molar-refractivity contribution >= 4 is 10.1 Å². The summed E-state index contributed by atoms with van der Waals surface area (Å²) in [5.74, 6) is 0.218. The minimum absolute atomic E-state index is 0.0623. The van der Waals surface area contributed by atoms with Crippen LogP contribution >= 0.6 is 0 Å². The van der Waals surface area contributed by atoms with E-state index in [9.17, 15) is 13.5 Å². The summed E-state index contributed by atoms with van der Waals surface area (Å²) in [4.78, 5) is 0.0623. The first-order valence-corrected chi connectivity index (χ1v) is 9.78. The largest absolute Gasteiger partial charge is 0.504 e.